The number of aromatic amines is 1. The van der Waals surface area contributed by atoms with Gasteiger partial charge in [-0.15, -0.1) is 0 Å². The predicted molar refractivity (Wildman–Crippen MR) is 130 cm³/mol. The van der Waals surface area contributed by atoms with Crippen molar-refractivity contribution >= 4 is 18.4 Å². The summed E-state index contributed by atoms with van der Waals surface area (Å²) in [5.74, 6) is 0.709. The molecule has 5 rings (SSSR count). The lowest BCUT2D eigenvalue weighted by atomic mass is 10.1. The maximum absolute atomic E-state index is 5.20. The Kier molecular flexibility index (Phi) is 5.31. The van der Waals surface area contributed by atoms with Crippen molar-refractivity contribution < 1.29 is 0 Å². The Balaban J connectivity index is 1.52. The Hall–Kier alpha value is -4.10. The number of hydrogen-bond acceptors (Lipinski definition) is 4. The van der Waals surface area contributed by atoms with Crippen LogP contribution in [-0.2, 0) is 0 Å². The first-order valence-electron chi connectivity index (χ1n) is 10.2. The number of H-pyrrole nitrogens is 1. The molecule has 156 valence electrons. The zero-order chi connectivity index (χ0) is 21.9. The molecule has 32 heavy (non-hydrogen) atoms. The Morgan fingerprint density at radius 2 is 1.53 bits per heavy atom. The summed E-state index contributed by atoms with van der Waals surface area (Å²) in [6, 6.07) is 30.7. The second-order valence-corrected chi connectivity index (χ2v) is 7.67. The van der Waals surface area contributed by atoms with E-state index < -0.39 is 0 Å². The van der Waals surface area contributed by atoms with Gasteiger partial charge in [0, 0.05) is 11.1 Å². The minimum Gasteiger partial charge on any atom is -0.250 e. The second-order valence-electron chi connectivity index (χ2n) is 7.28. The first kappa shape index (κ1) is 19.8. The lowest BCUT2D eigenvalue weighted by Crippen LogP contribution is -2.00. The molecule has 7 heteroatoms. The van der Waals surface area contributed by atoms with Crippen LogP contribution in [-0.4, -0.2) is 30.9 Å². The summed E-state index contributed by atoms with van der Waals surface area (Å²) in [4.78, 5) is 0. The van der Waals surface area contributed by atoms with Gasteiger partial charge < -0.3 is 0 Å². The summed E-state index contributed by atoms with van der Waals surface area (Å²) in [6.45, 7) is 1.85. The molecule has 0 radical (unpaired) electrons. The fraction of sp³-hybridized carbons (Fsp3) is 0.0400. The van der Waals surface area contributed by atoms with Gasteiger partial charge in [0.2, 0.25) is 4.77 Å². The van der Waals surface area contributed by atoms with Gasteiger partial charge in [0.25, 0.3) is 0 Å². The summed E-state index contributed by atoms with van der Waals surface area (Å²) in [7, 11) is 0. The van der Waals surface area contributed by atoms with Gasteiger partial charge in [-0.25, -0.2) is 4.68 Å². The molecular weight excluding hydrogens is 416 g/mol. The fourth-order valence-corrected chi connectivity index (χ4v) is 3.70. The number of benzene rings is 3. The smallest absolute Gasteiger partial charge is 0.216 e. The van der Waals surface area contributed by atoms with E-state index in [0.717, 1.165) is 33.8 Å². The maximum Gasteiger partial charge on any atom is 0.216 e. The Bertz CT molecular complexity index is 1430. The molecule has 0 saturated carbocycles. The quantitative estimate of drug-likeness (QED) is 0.286. The molecule has 0 saturated heterocycles. The molecule has 0 unspecified atom stereocenters. The third-order valence-electron chi connectivity index (χ3n) is 5.12. The molecule has 1 N–H and O–H groups in total. The van der Waals surface area contributed by atoms with Crippen LogP contribution in [0.3, 0.4) is 0 Å². The van der Waals surface area contributed by atoms with Gasteiger partial charge in [0.05, 0.1) is 23.3 Å². The average molecular weight is 437 g/mol. The highest BCUT2D eigenvalue weighted by Crippen LogP contribution is 2.28. The van der Waals surface area contributed by atoms with Gasteiger partial charge in [0.1, 0.15) is 5.82 Å². The third-order valence-corrected chi connectivity index (χ3v) is 5.38. The van der Waals surface area contributed by atoms with Gasteiger partial charge >= 0.3 is 0 Å². The monoisotopic (exact) mass is 436 g/mol. The van der Waals surface area contributed by atoms with Crippen LogP contribution < -0.4 is 0 Å². The van der Waals surface area contributed by atoms with Crippen molar-refractivity contribution in [3.05, 3.63) is 107 Å². The van der Waals surface area contributed by atoms with Crippen molar-refractivity contribution in [1.29, 1.82) is 0 Å². The lowest BCUT2D eigenvalue weighted by Gasteiger charge is -2.08. The Morgan fingerprint density at radius 3 is 2.16 bits per heavy atom. The van der Waals surface area contributed by atoms with Crippen molar-refractivity contribution in [1.82, 2.24) is 24.7 Å². The summed E-state index contributed by atoms with van der Waals surface area (Å²) >= 11 is 5.20. The molecule has 0 spiro atoms. The van der Waals surface area contributed by atoms with E-state index in [9.17, 15) is 0 Å². The average Bonchev–Trinajstić information content (AvgIpc) is 3.43. The highest BCUT2D eigenvalue weighted by molar-refractivity contribution is 7.71. The predicted octanol–water partition coefficient (Wildman–Crippen LogP) is 5.65. The van der Waals surface area contributed by atoms with Crippen LogP contribution in [0.15, 0.2) is 96.1 Å². The van der Waals surface area contributed by atoms with Crippen LogP contribution in [0.2, 0.25) is 0 Å². The molecule has 3 aromatic carbocycles. The molecule has 0 aliphatic rings. The van der Waals surface area contributed by atoms with Crippen LogP contribution in [0.1, 0.15) is 11.4 Å². The number of nitrogens with zero attached hydrogens (tertiary/aromatic N) is 5. The largest absolute Gasteiger partial charge is 0.250 e. The number of rotatable bonds is 5. The highest BCUT2D eigenvalue weighted by Gasteiger charge is 2.13. The summed E-state index contributed by atoms with van der Waals surface area (Å²) in [5.41, 5.74) is 6.08. The summed E-state index contributed by atoms with van der Waals surface area (Å²) in [6.07, 6.45) is 1.76. The molecule has 5 aromatic rings. The van der Waals surface area contributed by atoms with E-state index in [0.29, 0.717) is 10.6 Å². The van der Waals surface area contributed by atoms with Crippen molar-refractivity contribution in [2.45, 2.75) is 6.92 Å². The number of aryl methyl sites for hydroxylation is 1. The van der Waals surface area contributed by atoms with Crippen molar-refractivity contribution in [2.75, 3.05) is 0 Å². The molecule has 2 heterocycles. The van der Waals surface area contributed by atoms with E-state index >= 15 is 0 Å². The van der Waals surface area contributed by atoms with Crippen LogP contribution in [0.5, 0.6) is 0 Å². The first-order valence-corrected chi connectivity index (χ1v) is 10.6. The zero-order valence-corrected chi connectivity index (χ0v) is 18.2. The van der Waals surface area contributed by atoms with Crippen molar-refractivity contribution in [3.8, 4) is 28.2 Å². The van der Waals surface area contributed by atoms with Gasteiger partial charge in [0.15, 0.2) is 0 Å². The Morgan fingerprint density at radius 1 is 0.875 bits per heavy atom. The van der Waals surface area contributed by atoms with Gasteiger partial charge in [-0.2, -0.15) is 20.0 Å². The SMILES string of the molecule is Cc1n[nH]c(=S)n1/N=C\c1ccc(-n2nc(-c3ccccc3)cc2-c2ccccc2)cc1. The lowest BCUT2D eigenvalue weighted by molar-refractivity contribution is 0.821. The summed E-state index contributed by atoms with van der Waals surface area (Å²) in [5, 5.41) is 16.1. The standard InChI is InChI=1S/C25H20N6S/c1-18-27-28-25(32)30(18)26-17-19-12-14-22(15-13-19)31-24(21-10-6-3-7-11-21)16-23(29-31)20-8-4-2-5-9-20/h2-17H,1H3,(H,28,32)/b26-17-. The maximum atomic E-state index is 5.20. The fourth-order valence-electron chi connectivity index (χ4n) is 3.47. The number of nitrogens with one attached hydrogen (secondary N) is 1. The van der Waals surface area contributed by atoms with Crippen LogP contribution in [0.25, 0.3) is 28.2 Å². The minimum absolute atomic E-state index is 0.466. The molecule has 0 aliphatic carbocycles. The molecule has 0 bridgehead atoms. The molecule has 6 nitrogen and oxygen atoms in total. The molecule has 0 amide bonds. The van der Waals surface area contributed by atoms with Crippen molar-refractivity contribution in [3.63, 3.8) is 0 Å². The van der Waals surface area contributed by atoms with Crippen molar-refractivity contribution in [2.24, 2.45) is 5.10 Å². The Labute approximate surface area is 190 Å². The van der Waals surface area contributed by atoms with Gasteiger partial charge in [-0.05, 0) is 42.9 Å². The minimum atomic E-state index is 0.466. The molecule has 0 atom stereocenters. The van der Waals surface area contributed by atoms with E-state index in [4.69, 9.17) is 17.3 Å². The number of aromatic nitrogens is 5. The molecular formula is C25H20N6S. The third kappa shape index (κ3) is 3.93. The van der Waals surface area contributed by atoms with Crippen LogP contribution in [0.4, 0.5) is 0 Å². The molecule has 0 aliphatic heterocycles. The van der Waals surface area contributed by atoms with Crippen LogP contribution >= 0.6 is 12.2 Å². The van der Waals surface area contributed by atoms with Gasteiger partial charge in [-0.3, -0.25) is 5.10 Å². The normalized spacial score (nSPS) is 11.3. The second kappa shape index (κ2) is 8.56. The van der Waals surface area contributed by atoms with E-state index in [-0.39, 0.29) is 0 Å². The topological polar surface area (TPSA) is 63.8 Å². The first-order chi connectivity index (χ1) is 15.7. The summed E-state index contributed by atoms with van der Waals surface area (Å²) < 4.78 is 4.04. The van der Waals surface area contributed by atoms with Gasteiger partial charge in [-0.1, -0.05) is 72.8 Å². The number of hydrogen-bond donors (Lipinski definition) is 1. The molecule has 0 fully saturated rings. The van der Waals surface area contributed by atoms with E-state index in [2.05, 4.69) is 45.6 Å². The highest BCUT2D eigenvalue weighted by atomic mass is 32.1. The zero-order valence-electron chi connectivity index (χ0n) is 17.4. The molecule has 2 aromatic heterocycles. The van der Waals surface area contributed by atoms with E-state index in [1.54, 1.807) is 10.9 Å². The van der Waals surface area contributed by atoms with E-state index in [1.807, 2.05) is 72.3 Å². The van der Waals surface area contributed by atoms with Crippen LogP contribution in [0, 0.1) is 11.7 Å². The van der Waals surface area contributed by atoms with E-state index in [1.165, 1.54) is 0 Å².